The zero-order valence-corrected chi connectivity index (χ0v) is 13.5. The van der Waals surface area contributed by atoms with Crippen molar-refractivity contribution < 1.29 is 4.79 Å². The number of hydrogen-bond acceptors (Lipinski definition) is 4. The van der Waals surface area contributed by atoms with Crippen LogP contribution in [0.1, 0.15) is 16.9 Å². The minimum Gasteiger partial charge on any atom is -0.336 e. The van der Waals surface area contributed by atoms with Crippen molar-refractivity contribution in [2.45, 2.75) is 6.42 Å². The summed E-state index contributed by atoms with van der Waals surface area (Å²) in [6.07, 6.45) is 0.954. The van der Waals surface area contributed by atoms with Gasteiger partial charge in [-0.05, 0) is 32.1 Å². The normalized spacial score (nSPS) is 16.6. The average molecular weight is 325 g/mol. The Labute approximate surface area is 138 Å². The molecule has 3 heterocycles. The van der Waals surface area contributed by atoms with E-state index in [4.69, 9.17) is 0 Å². The summed E-state index contributed by atoms with van der Waals surface area (Å²) in [5, 5.41) is 5.01. The number of para-hydroxylation sites is 1. The zero-order chi connectivity index (χ0) is 16.7. The lowest BCUT2D eigenvalue weighted by Gasteiger charge is -2.19. The highest BCUT2D eigenvalue weighted by atomic mass is 16.2. The molecule has 7 heteroatoms. The molecule has 1 aliphatic rings. The van der Waals surface area contributed by atoms with Gasteiger partial charge < -0.3 is 14.8 Å². The molecule has 0 atom stereocenters. The van der Waals surface area contributed by atoms with Gasteiger partial charge in [0.1, 0.15) is 5.65 Å². The van der Waals surface area contributed by atoms with Crippen LogP contribution in [0.4, 0.5) is 0 Å². The van der Waals surface area contributed by atoms with E-state index in [-0.39, 0.29) is 11.5 Å². The van der Waals surface area contributed by atoms with Crippen molar-refractivity contribution in [2.75, 3.05) is 33.2 Å². The van der Waals surface area contributed by atoms with Crippen LogP contribution in [-0.2, 0) is 0 Å². The molecular weight excluding hydrogens is 306 g/mol. The molecule has 1 aliphatic heterocycles. The molecule has 124 valence electrons. The van der Waals surface area contributed by atoms with Crippen LogP contribution in [0.5, 0.6) is 0 Å². The molecule has 4 rings (SSSR count). The number of H-pyrrole nitrogens is 1. The summed E-state index contributed by atoms with van der Waals surface area (Å²) in [6.45, 7) is 3.28. The first-order chi connectivity index (χ1) is 11.6. The maximum absolute atomic E-state index is 12.8. The van der Waals surface area contributed by atoms with Crippen molar-refractivity contribution in [3.8, 4) is 0 Å². The van der Waals surface area contributed by atoms with Gasteiger partial charge in [-0.25, -0.2) is 4.52 Å². The van der Waals surface area contributed by atoms with Gasteiger partial charge in [0, 0.05) is 25.7 Å². The number of carbonyl (C=O) groups is 1. The standard InChI is InChI=1S/C17H19N5O2/c1-20-7-4-8-21(10-9-20)17(24)13-11-15-18-16(23)12-5-2-3-6-14(12)22(15)19-13/h2-3,5-6,11H,4,7-10H2,1H3,(H,18,23). The number of fused-ring (bicyclic) bond motifs is 3. The van der Waals surface area contributed by atoms with Crippen LogP contribution in [0.3, 0.4) is 0 Å². The van der Waals surface area contributed by atoms with E-state index in [1.54, 1.807) is 16.6 Å². The van der Waals surface area contributed by atoms with Crippen molar-refractivity contribution in [2.24, 2.45) is 0 Å². The van der Waals surface area contributed by atoms with Crippen LogP contribution in [0.2, 0.25) is 0 Å². The second-order valence-corrected chi connectivity index (χ2v) is 6.25. The number of amides is 1. The van der Waals surface area contributed by atoms with E-state index in [0.29, 0.717) is 28.8 Å². The van der Waals surface area contributed by atoms with Gasteiger partial charge in [0.05, 0.1) is 10.9 Å². The Hall–Kier alpha value is -2.67. The molecule has 0 aliphatic carbocycles. The van der Waals surface area contributed by atoms with Gasteiger partial charge >= 0.3 is 0 Å². The van der Waals surface area contributed by atoms with E-state index in [1.807, 2.05) is 23.1 Å². The molecular formula is C17H19N5O2. The van der Waals surface area contributed by atoms with Gasteiger partial charge in [0.15, 0.2) is 5.69 Å². The van der Waals surface area contributed by atoms with Gasteiger partial charge in [-0.15, -0.1) is 0 Å². The van der Waals surface area contributed by atoms with Gasteiger partial charge in [-0.3, -0.25) is 9.59 Å². The largest absolute Gasteiger partial charge is 0.336 e. The topological polar surface area (TPSA) is 73.7 Å². The fraction of sp³-hybridized carbons (Fsp3) is 0.353. The molecule has 1 amide bonds. The van der Waals surface area contributed by atoms with Gasteiger partial charge in [0.2, 0.25) is 0 Å². The molecule has 7 nitrogen and oxygen atoms in total. The van der Waals surface area contributed by atoms with Crippen molar-refractivity contribution in [1.29, 1.82) is 0 Å². The maximum atomic E-state index is 12.8. The molecule has 0 radical (unpaired) electrons. The van der Waals surface area contributed by atoms with E-state index >= 15 is 0 Å². The quantitative estimate of drug-likeness (QED) is 0.723. The number of rotatable bonds is 1. The van der Waals surface area contributed by atoms with E-state index in [9.17, 15) is 9.59 Å². The third kappa shape index (κ3) is 2.46. The number of nitrogens with zero attached hydrogens (tertiary/aromatic N) is 4. The highest BCUT2D eigenvalue weighted by Gasteiger charge is 2.22. The lowest BCUT2D eigenvalue weighted by Crippen LogP contribution is -2.34. The van der Waals surface area contributed by atoms with E-state index < -0.39 is 0 Å². The molecule has 0 unspecified atom stereocenters. The molecule has 1 saturated heterocycles. The van der Waals surface area contributed by atoms with Crippen LogP contribution in [0, 0.1) is 0 Å². The molecule has 3 aromatic rings. The summed E-state index contributed by atoms with van der Waals surface area (Å²) in [4.78, 5) is 31.8. The van der Waals surface area contributed by atoms with E-state index in [2.05, 4.69) is 22.0 Å². The van der Waals surface area contributed by atoms with Crippen molar-refractivity contribution >= 4 is 22.5 Å². The van der Waals surface area contributed by atoms with E-state index in [1.165, 1.54) is 0 Å². The number of carbonyl (C=O) groups excluding carboxylic acids is 1. The van der Waals surface area contributed by atoms with Gasteiger partial charge in [-0.2, -0.15) is 5.10 Å². The van der Waals surface area contributed by atoms with Crippen LogP contribution in [-0.4, -0.2) is 63.5 Å². The summed E-state index contributed by atoms with van der Waals surface area (Å²) in [7, 11) is 2.07. The smallest absolute Gasteiger partial charge is 0.274 e. The molecule has 2 aromatic heterocycles. The van der Waals surface area contributed by atoms with Crippen LogP contribution >= 0.6 is 0 Å². The number of aromatic nitrogens is 3. The van der Waals surface area contributed by atoms with Crippen LogP contribution < -0.4 is 5.56 Å². The number of likely N-dealkylation sites (N-methyl/N-ethyl adjacent to an activating group) is 1. The number of hydrogen-bond donors (Lipinski definition) is 1. The second-order valence-electron chi connectivity index (χ2n) is 6.25. The van der Waals surface area contributed by atoms with Crippen LogP contribution in [0.25, 0.3) is 16.6 Å². The van der Waals surface area contributed by atoms with Crippen molar-refractivity contribution in [3.05, 3.63) is 46.4 Å². The van der Waals surface area contributed by atoms with Gasteiger partial charge in [-0.1, -0.05) is 12.1 Å². The molecule has 1 fully saturated rings. The summed E-state index contributed by atoms with van der Waals surface area (Å²) in [5.41, 5.74) is 1.43. The lowest BCUT2D eigenvalue weighted by atomic mass is 10.2. The Morgan fingerprint density at radius 1 is 1.17 bits per heavy atom. The first-order valence-corrected chi connectivity index (χ1v) is 8.12. The molecule has 0 saturated carbocycles. The Balaban J connectivity index is 1.76. The minimum atomic E-state index is -0.173. The Morgan fingerprint density at radius 3 is 2.88 bits per heavy atom. The van der Waals surface area contributed by atoms with Crippen molar-refractivity contribution in [1.82, 2.24) is 24.4 Å². The lowest BCUT2D eigenvalue weighted by molar-refractivity contribution is 0.0756. The zero-order valence-electron chi connectivity index (χ0n) is 13.5. The Morgan fingerprint density at radius 2 is 2.00 bits per heavy atom. The first kappa shape index (κ1) is 14.9. The van der Waals surface area contributed by atoms with Crippen LogP contribution in [0.15, 0.2) is 35.1 Å². The first-order valence-electron chi connectivity index (χ1n) is 8.12. The van der Waals surface area contributed by atoms with Crippen molar-refractivity contribution in [3.63, 3.8) is 0 Å². The molecule has 1 aromatic carbocycles. The second kappa shape index (κ2) is 5.76. The summed E-state index contributed by atoms with van der Waals surface area (Å²) >= 11 is 0. The fourth-order valence-corrected chi connectivity index (χ4v) is 3.20. The summed E-state index contributed by atoms with van der Waals surface area (Å²) < 4.78 is 1.63. The maximum Gasteiger partial charge on any atom is 0.274 e. The molecule has 24 heavy (non-hydrogen) atoms. The highest BCUT2D eigenvalue weighted by molar-refractivity contribution is 5.94. The molecule has 0 spiro atoms. The highest BCUT2D eigenvalue weighted by Crippen LogP contribution is 2.14. The summed E-state index contributed by atoms with van der Waals surface area (Å²) in [6, 6.07) is 8.91. The Kier molecular flexibility index (Phi) is 3.57. The number of nitrogens with one attached hydrogen (secondary N) is 1. The molecule has 1 N–H and O–H groups in total. The predicted octanol–water partition coefficient (Wildman–Crippen LogP) is 0.953. The Bertz CT molecular complexity index is 974. The monoisotopic (exact) mass is 325 g/mol. The summed E-state index contributed by atoms with van der Waals surface area (Å²) in [5.74, 6) is -0.0843. The molecule has 0 bridgehead atoms. The fourth-order valence-electron chi connectivity index (χ4n) is 3.20. The average Bonchev–Trinajstić information content (AvgIpc) is 2.89. The number of aromatic amines is 1. The SMILES string of the molecule is CN1CCCN(C(=O)c2cc3[nH]c(=O)c4ccccc4n3n2)CC1. The third-order valence-electron chi connectivity index (χ3n) is 4.55. The number of benzene rings is 1. The van der Waals surface area contributed by atoms with E-state index in [0.717, 1.165) is 26.1 Å². The minimum absolute atomic E-state index is 0.0843. The predicted molar refractivity (Wildman–Crippen MR) is 91.3 cm³/mol. The van der Waals surface area contributed by atoms with Gasteiger partial charge in [0.25, 0.3) is 11.5 Å². The third-order valence-corrected chi connectivity index (χ3v) is 4.55.